The summed E-state index contributed by atoms with van der Waals surface area (Å²) in [4.78, 5) is 4.58. The molecule has 12 heavy (non-hydrogen) atoms. The standard InChI is InChI=1S/C10H18N2/c1-11-7-3-5-9-12(2)10-6-4-8-11/h3-6H,7-10H2,1-2H3/b5-3-,6-4-. The quantitative estimate of drug-likeness (QED) is 0.495. The predicted molar refractivity (Wildman–Crippen MR) is 53.3 cm³/mol. The zero-order valence-electron chi connectivity index (χ0n) is 8.03. The molecule has 2 heteroatoms. The topological polar surface area (TPSA) is 6.48 Å². The summed E-state index contributed by atoms with van der Waals surface area (Å²) in [5, 5.41) is 0. The van der Waals surface area contributed by atoms with Crippen LogP contribution in [0.5, 0.6) is 0 Å². The lowest BCUT2D eigenvalue weighted by Gasteiger charge is -2.15. The summed E-state index contributed by atoms with van der Waals surface area (Å²) in [7, 11) is 4.28. The van der Waals surface area contributed by atoms with Crippen molar-refractivity contribution in [3.05, 3.63) is 24.3 Å². The Kier molecular flexibility index (Phi) is 4.05. The Hall–Kier alpha value is -0.600. The van der Waals surface area contributed by atoms with Gasteiger partial charge in [-0.15, -0.1) is 0 Å². The van der Waals surface area contributed by atoms with Crippen LogP contribution in [0.3, 0.4) is 0 Å². The highest BCUT2D eigenvalue weighted by molar-refractivity contribution is 4.94. The van der Waals surface area contributed by atoms with E-state index in [0.717, 1.165) is 26.2 Å². The molecule has 1 aliphatic rings. The fraction of sp³-hybridized carbons (Fsp3) is 0.600. The van der Waals surface area contributed by atoms with E-state index in [2.05, 4.69) is 48.2 Å². The number of hydrogen-bond donors (Lipinski definition) is 0. The third-order valence-electron chi connectivity index (χ3n) is 2.00. The van der Waals surface area contributed by atoms with E-state index >= 15 is 0 Å². The Morgan fingerprint density at radius 3 is 1.17 bits per heavy atom. The van der Waals surface area contributed by atoms with Gasteiger partial charge in [-0.3, -0.25) is 9.80 Å². The molecule has 0 atom stereocenters. The highest BCUT2D eigenvalue weighted by atomic mass is 15.1. The third-order valence-corrected chi connectivity index (χ3v) is 2.00. The second-order valence-corrected chi connectivity index (χ2v) is 3.39. The van der Waals surface area contributed by atoms with Crippen molar-refractivity contribution < 1.29 is 0 Å². The first-order chi connectivity index (χ1) is 5.79. The maximum atomic E-state index is 2.29. The first-order valence-electron chi connectivity index (χ1n) is 4.46. The number of hydrogen-bond acceptors (Lipinski definition) is 2. The minimum atomic E-state index is 1.05. The predicted octanol–water partition coefficient (Wildman–Crippen LogP) is 0.976. The SMILES string of the molecule is CN1C/C=C\CN(C)C/C=C\C1. The normalized spacial score (nSPS) is 28.2. The van der Waals surface area contributed by atoms with Crippen molar-refractivity contribution >= 4 is 0 Å². The van der Waals surface area contributed by atoms with E-state index in [0.29, 0.717) is 0 Å². The Morgan fingerprint density at radius 1 is 0.667 bits per heavy atom. The fourth-order valence-corrected chi connectivity index (χ4v) is 1.17. The molecule has 0 aromatic carbocycles. The van der Waals surface area contributed by atoms with Crippen LogP contribution in [0.15, 0.2) is 24.3 Å². The van der Waals surface area contributed by atoms with Gasteiger partial charge in [0, 0.05) is 26.2 Å². The number of likely N-dealkylation sites (N-methyl/N-ethyl adjacent to an activating group) is 2. The van der Waals surface area contributed by atoms with Crippen LogP contribution < -0.4 is 0 Å². The monoisotopic (exact) mass is 166 g/mol. The molecule has 0 fully saturated rings. The van der Waals surface area contributed by atoms with Crippen molar-refractivity contribution in [1.82, 2.24) is 9.80 Å². The molecule has 0 amide bonds. The van der Waals surface area contributed by atoms with E-state index in [9.17, 15) is 0 Å². The van der Waals surface area contributed by atoms with Gasteiger partial charge in [-0.2, -0.15) is 0 Å². The van der Waals surface area contributed by atoms with Crippen molar-refractivity contribution in [3.8, 4) is 0 Å². The van der Waals surface area contributed by atoms with Crippen LogP contribution in [0, 0.1) is 0 Å². The second kappa shape index (κ2) is 5.12. The molecule has 2 nitrogen and oxygen atoms in total. The van der Waals surface area contributed by atoms with Crippen molar-refractivity contribution in [3.63, 3.8) is 0 Å². The highest BCUT2D eigenvalue weighted by Crippen LogP contribution is 1.91. The van der Waals surface area contributed by atoms with Gasteiger partial charge in [-0.05, 0) is 14.1 Å². The summed E-state index contributed by atoms with van der Waals surface area (Å²) in [6.07, 6.45) is 8.93. The molecular formula is C10H18N2. The summed E-state index contributed by atoms with van der Waals surface area (Å²) in [5.74, 6) is 0. The Balaban J connectivity index is 2.43. The van der Waals surface area contributed by atoms with Gasteiger partial charge in [0.25, 0.3) is 0 Å². The van der Waals surface area contributed by atoms with E-state index in [1.54, 1.807) is 0 Å². The first-order valence-corrected chi connectivity index (χ1v) is 4.46. The highest BCUT2D eigenvalue weighted by Gasteiger charge is 1.95. The average Bonchev–Trinajstić information content (AvgIpc) is 2.06. The molecule has 1 heterocycles. The smallest absolute Gasteiger partial charge is 0.0163 e. The van der Waals surface area contributed by atoms with Gasteiger partial charge >= 0.3 is 0 Å². The van der Waals surface area contributed by atoms with E-state index in [-0.39, 0.29) is 0 Å². The average molecular weight is 166 g/mol. The Bertz CT molecular complexity index is 137. The van der Waals surface area contributed by atoms with Crippen molar-refractivity contribution in [2.75, 3.05) is 40.3 Å². The second-order valence-electron chi connectivity index (χ2n) is 3.39. The van der Waals surface area contributed by atoms with Crippen LogP contribution >= 0.6 is 0 Å². The van der Waals surface area contributed by atoms with Crippen molar-refractivity contribution in [2.24, 2.45) is 0 Å². The minimum Gasteiger partial charge on any atom is -0.299 e. The molecule has 0 N–H and O–H groups in total. The van der Waals surface area contributed by atoms with Gasteiger partial charge in [0.05, 0.1) is 0 Å². The van der Waals surface area contributed by atoms with Crippen molar-refractivity contribution in [2.45, 2.75) is 0 Å². The van der Waals surface area contributed by atoms with E-state index in [1.165, 1.54) is 0 Å². The summed E-state index contributed by atoms with van der Waals surface area (Å²) >= 11 is 0. The van der Waals surface area contributed by atoms with E-state index < -0.39 is 0 Å². The molecule has 0 unspecified atom stereocenters. The largest absolute Gasteiger partial charge is 0.299 e. The van der Waals surface area contributed by atoms with E-state index in [1.807, 2.05) is 0 Å². The molecule has 0 saturated carbocycles. The lowest BCUT2D eigenvalue weighted by Crippen LogP contribution is -2.22. The molecule has 0 aromatic rings. The fourth-order valence-electron chi connectivity index (χ4n) is 1.17. The number of rotatable bonds is 0. The summed E-state index contributed by atoms with van der Waals surface area (Å²) in [5.41, 5.74) is 0. The maximum absolute atomic E-state index is 2.29. The number of nitrogens with zero attached hydrogens (tertiary/aromatic N) is 2. The summed E-state index contributed by atoms with van der Waals surface area (Å²) in [6, 6.07) is 0. The third kappa shape index (κ3) is 3.69. The van der Waals surface area contributed by atoms with Gasteiger partial charge in [0.15, 0.2) is 0 Å². The lowest BCUT2D eigenvalue weighted by atomic mass is 10.3. The van der Waals surface area contributed by atoms with Crippen LogP contribution in [-0.2, 0) is 0 Å². The zero-order valence-corrected chi connectivity index (χ0v) is 8.03. The Labute approximate surface area is 75.2 Å². The molecule has 0 radical (unpaired) electrons. The van der Waals surface area contributed by atoms with Crippen LogP contribution in [0.1, 0.15) is 0 Å². The summed E-state index contributed by atoms with van der Waals surface area (Å²) in [6.45, 7) is 4.22. The molecular weight excluding hydrogens is 148 g/mol. The molecule has 0 spiro atoms. The maximum Gasteiger partial charge on any atom is 0.0163 e. The molecule has 68 valence electrons. The minimum absolute atomic E-state index is 1.05. The van der Waals surface area contributed by atoms with Gasteiger partial charge in [0.1, 0.15) is 0 Å². The Morgan fingerprint density at radius 2 is 0.917 bits per heavy atom. The van der Waals surface area contributed by atoms with Crippen LogP contribution in [0.25, 0.3) is 0 Å². The van der Waals surface area contributed by atoms with Crippen LogP contribution in [0.4, 0.5) is 0 Å². The van der Waals surface area contributed by atoms with Gasteiger partial charge < -0.3 is 0 Å². The van der Waals surface area contributed by atoms with E-state index in [4.69, 9.17) is 0 Å². The molecule has 0 aliphatic carbocycles. The first kappa shape index (κ1) is 9.49. The molecule has 1 rings (SSSR count). The molecule has 0 bridgehead atoms. The van der Waals surface area contributed by atoms with Gasteiger partial charge in [-0.1, -0.05) is 24.3 Å². The zero-order chi connectivity index (χ0) is 8.81. The molecule has 1 aliphatic heterocycles. The van der Waals surface area contributed by atoms with Crippen LogP contribution in [-0.4, -0.2) is 50.1 Å². The molecule has 0 aromatic heterocycles. The lowest BCUT2D eigenvalue weighted by molar-refractivity contribution is 0.391. The van der Waals surface area contributed by atoms with Gasteiger partial charge in [0.2, 0.25) is 0 Å². The van der Waals surface area contributed by atoms with Crippen molar-refractivity contribution in [1.29, 1.82) is 0 Å². The summed E-state index contributed by atoms with van der Waals surface area (Å²) < 4.78 is 0. The molecule has 0 saturated heterocycles. The van der Waals surface area contributed by atoms with Gasteiger partial charge in [-0.25, -0.2) is 0 Å². The van der Waals surface area contributed by atoms with Crippen LogP contribution in [0.2, 0.25) is 0 Å².